The Kier molecular flexibility index (Phi) is 5.82. The summed E-state index contributed by atoms with van der Waals surface area (Å²) in [4.78, 5) is 29.0. The fraction of sp³-hybridized carbons (Fsp3) is 0.895. The Balaban J connectivity index is 1.59. The van der Waals surface area contributed by atoms with E-state index < -0.39 is 15.6 Å². The Labute approximate surface area is 168 Å². The summed E-state index contributed by atoms with van der Waals surface area (Å²) in [7, 11) is -3.19. The molecule has 2 heterocycles. The van der Waals surface area contributed by atoms with E-state index in [9.17, 15) is 18.0 Å². The lowest BCUT2D eigenvalue weighted by molar-refractivity contribution is -0.134. The minimum absolute atomic E-state index is 0.115. The zero-order valence-corrected chi connectivity index (χ0v) is 18.3. The molecule has 9 heteroatoms. The van der Waals surface area contributed by atoms with Crippen LogP contribution in [0.2, 0.25) is 0 Å². The van der Waals surface area contributed by atoms with E-state index in [1.807, 2.05) is 4.90 Å². The number of piperazine rings is 1. The summed E-state index contributed by atoms with van der Waals surface area (Å²) < 4.78 is 24.7. The molecule has 28 heavy (non-hydrogen) atoms. The van der Waals surface area contributed by atoms with E-state index in [0.717, 1.165) is 19.3 Å². The molecule has 0 radical (unpaired) electrons. The third-order valence-corrected chi connectivity index (χ3v) is 8.55. The SMILES string of the molecule is CCC(C)(C)C1CCC2(CC1)NC(=O)N(CN1CCN(S(C)(=O)=O)CC1)C2=O. The van der Waals surface area contributed by atoms with Crippen molar-refractivity contribution >= 4 is 22.0 Å². The van der Waals surface area contributed by atoms with Crippen LogP contribution in [0, 0.1) is 11.3 Å². The van der Waals surface area contributed by atoms with Crippen LogP contribution in [0.15, 0.2) is 0 Å². The van der Waals surface area contributed by atoms with E-state index in [1.54, 1.807) is 0 Å². The van der Waals surface area contributed by atoms with Gasteiger partial charge >= 0.3 is 6.03 Å². The summed E-state index contributed by atoms with van der Waals surface area (Å²) in [5.41, 5.74) is -0.488. The topological polar surface area (TPSA) is 90.0 Å². The predicted octanol–water partition coefficient (Wildman–Crippen LogP) is 1.44. The molecule has 1 saturated carbocycles. The van der Waals surface area contributed by atoms with Gasteiger partial charge in [0.2, 0.25) is 10.0 Å². The molecule has 0 aromatic heterocycles. The van der Waals surface area contributed by atoms with E-state index in [0.29, 0.717) is 44.9 Å². The Morgan fingerprint density at radius 1 is 1.11 bits per heavy atom. The molecule has 3 aliphatic rings. The van der Waals surface area contributed by atoms with E-state index in [4.69, 9.17) is 0 Å². The molecule has 0 bridgehead atoms. The third-order valence-electron chi connectivity index (χ3n) is 7.24. The maximum Gasteiger partial charge on any atom is 0.326 e. The van der Waals surface area contributed by atoms with Crippen molar-refractivity contribution in [3.05, 3.63) is 0 Å². The van der Waals surface area contributed by atoms with Crippen LogP contribution in [0.1, 0.15) is 52.9 Å². The second-order valence-corrected chi connectivity index (χ2v) is 11.3. The lowest BCUT2D eigenvalue weighted by atomic mass is 9.65. The number of sulfonamides is 1. The first-order valence-electron chi connectivity index (χ1n) is 10.3. The highest BCUT2D eigenvalue weighted by Gasteiger charge is 2.53. The number of nitrogens with one attached hydrogen (secondary N) is 1. The van der Waals surface area contributed by atoms with Gasteiger partial charge < -0.3 is 5.32 Å². The fourth-order valence-corrected chi connectivity index (χ4v) is 5.55. The lowest BCUT2D eigenvalue weighted by Crippen LogP contribution is -2.53. The first-order chi connectivity index (χ1) is 13.0. The van der Waals surface area contributed by atoms with Crippen molar-refractivity contribution in [2.45, 2.75) is 58.4 Å². The predicted molar refractivity (Wildman–Crippen MR) is 107 cm³/mol. The molecule has 2 saturated heterocycles. The van der Waals surface area contributed by atoms with Crippen molar-refractivity contribution < 1.29 is 18.0 Å². The molecule has 0 atom stereocenters. The van der Waals surface area contributed by atoms with E-state index >= 15 is 0 Å². The van der Waals surface area contributed by atoms with Gasteiger partial charge in [0.25, 0.3) is 5.91 Å². The summed E-state index contributed by atoms with van der Waals surface area (Å²) in [5.74, 6) is 0.460. The number of hydrogen-bond acceptors (Lipinski definition) is 5. The third kappa shape index (κ3) is 4.07. The molecular weight excluding hydrogens is 380 g/mol. The average molecular weight is 415 g/mol. The normalized spacial score (nSPS) is 30.9. The molecule has 0 aromatic rings. The quantitative estimate of drug-likeness (QED) is 0.688. The Morgan fingerprint density at radius 3 is 2.18 bits per heavy atom. The van der Waals surface area contributed by atoms with E-state index in [1.165, 1.54) is 15.5 Å². The standard InChI is InChI=1S/C19H34N4O4S/c1-5-18(2,3)15-6-8-19(9-7-15)16(24)23(17(25)20-19)14-21-10-12-22(13-11-21)28(4,26)27/h15H,5-14H2,1-4H3,(H,20,25). The maximum atomic E-state index is 13.1. The minimum Gasteiger partial charge on any atom is -0.323 e. The molecule has 1 spiro atoms. The Bertz CT molecular complexity index is 720. The van der Waals surface area contributed by atoms with Crippen LogP contribution >= 0.6 is 0 Å². The van der Waals surface area contributed by atoms with Crippen LogP contribution < -0.4 is 5.32 Å². The van der Waals surface area contributed by atoms with Crippen molar-refractivity contribution in [3.63, 3.8) is 0 Å². The zero-order valence-electron chi connectivity index (χ0n) is 17.5. The second kappa shape index (κ2) is 7.57. The van der Waals surface area contributed by atoms with Gasteiger partial charge in [0, 0.05) is 26.2 Å². The number of hydrogen-bond donors (Lipinski definition) is 1. The highest BCUT2D eigenvalue weighted by molar-refractivity contribution is 7.88. The van der Waals surface area contributed by atoms with Gasteiger partial charge in [-0.25, -0.2) is 18.1 Å². The molecule has 3 fully saturated rings. The van der Waals surface area contributed by atoms with Crippen molar-refractivity contribution in [2.75, 3.05) is 39.1 Å². The second-order valence-electron chi connectivity index (χ2n) is 9.28. The van der Waals surface area contributed by atoms with Crippen molar-refractivity contribution in [2.24, 2.45) is 11.3 Å². The number of amides is 3. The van der Waals surface area contributed by atoms with Gasteiger partial charge in [-0.2, -0.15) is 4.31 Å². The summed E-state index contributed by atoms with van der Waals surface area (Å²) in [6, 6.07) is -0.316. The van der Waals surface area contributed by atoms with Crippen LogP contribution in [-0.2, 0) is 14.8 Å². The van der Waals surface area contributed by atoms with Crippen LogP contribution in [-0.4, -0.2) is 79.1 Å². The van der Waals surface area contributed by atoms with E-state index in [2.05, 4.69) is 26.1 Å². The molecule has 3 rings (SSSR count). The van der Waals surface area contributed by atoms with Crippen LogP contribution in [0.25, 0.3) is 0 Å². The lowest BCUT2D eigenvalue weighted by Gasteiger charge is -2.42. The first kappa shape index (κ1) is 21.5. The van der Waals surface area contributed by atoms with E-state index in [-0.39, 0.29) is 24.0 Å². The molecule has 0 aromatic carbocycles. The molecule has 3 amide bonds. The number of imide groups is 1. The van der Waals surface area contributed by atoms with Gasteiger partial charge in [0.1, 0.15) is 5.54 Å². The highest BCUT2D eigenvalue weighted by atomic mass is 32.2. The van der Waals surface area contributed by atoms with Crippen molar-refractivity contribution in [3.8, 4) is 0 Å². The summed E-state index contributed by atoms with van der Waals surface area (Å²) in [5, 5.41) is 2.99. The highest BCUT2D eigenvalue weighted by Crippen LogP contribution is 2.45. The average Bonchev–Trinajstić information content (AvgIpc) is 2.86. The van der Waals surface area contributed by atoms with Gasteiger partial charge in [0.15, 0.2) is 0 Å². The number of carbonyl (C=O) groups is 2. The minimum atomic E-state index is -3.19. The number of rotatable bonds is 5. The molecule has 160 valence electrons. The van der Waals surface area contributed by atoms with Gasteiger partial charge in [-0.3, -0.25) is 9.69 Å². The zero-order chi connectivity index (χ0) is 20.7. The first-order valence-corrected chi connectivity index (χ1v) is 12.1. The Hall–Kier alpha value is -1.19. The monoisotopic (exact) mass is 414 g/mol. The van der Waals surface area contributed by atoms with Crippen LogP contribution in [0.3, 0.4) is 0 Å². The number of urea groups is 1. The van der Waals surface area contributed by atoms with Crippen molar-refractivity contribution in [1.82, 2.24) is 19.4 Å². The summed E-state index contributed by atoms with van der Waals surface area (Å²) in [6.45, 7) is 8.82. The maximum absolute atomic E-state index is 13.1. The molecule has 1 aliphatic carbocycles. The largest absolute Gasteiger partial charge is 0.326 e. The smallest absolute Gasteiger partial charge is 0.323 e. The summed E-state index contributed by atoms with van der Waals surface area (Å²) >= 11 is 0. The number of nitrogens with zero attached hydrogens (tertiary/aromatic N) is 3. The fourth-order valence-electron chi connectivity index (χ4n) is 4.73. The Morgan fingerprint density at radius 2 is 1.68 bits per heavy atom. The van der Waals surface area contributed by atoms with Gasteiger partial charge in [0.05, 0.1) is 12.9 Å². The van der Waals surface area contributed by atoms with Crippen molar-refractivity contribution in [1.29, 1.82) is 0 Å². The van der Waals surface area contributed by atoms with Gasteiger partial charge in [-0.05, 0) is 37.0 Å². The molecule has 1 N–H and O–H groups in total. The van der Waals surface area contributed by atoms with Gasteiger partial charge in [-0.1, -0.05) is 27.2 Å². The van der Waals surface area contributed by atoms with Crippen LogP contribution in [0.5, 0.6) is 0 Å². The van der Waals surface area contributed by atoms with Crippen LogP contribution in [0.4, 0.5) is 4.79 Å². The van der Waals surface area contributed by atoms with Gasteiger partial charge in [-0.15, -0.1) is 0 Å². The molecule has 0 unspecified atom stereocenters. The molecular formula is C19H34N4O4S. The summed E-state index contributed by atoms with van der Waals surface area (Å²) in [6.07, 6.45) is 5.62. The number of carbonyl (C=O) groups excluding carboxylic acids is 2. The molecule has 2 aliphatic heterocycles. The molecule has 8 nitrogen and oxygen atoms in total.